The van der Waals surface area contributed by atoms with Gasteiger partial charge in [0.05, 0.1) is 0 Å². The Kier molecular flexibility index (Phi) is 6.85. The molecule has 0 unspecified atom stereocenters. The van der Waals surface area contributed by atoms with Crippen LogP contribution in [0.15, 0.2) is 30.3 Å². The van der Waals surface area contributed by atoms with Crippen LogP contribution < -0.4 is 10.6 Å². The molecule has 1 aliphatic carbocycles. The van der Waals surface area contributed by atoms with Crippen LogP contribution in [0.25, 0.3) is 0 Å². The van der Waals surface area contributed by atoms with Crippen molar-refractivity contribution < 1.29 is 23.9 Å². The van der Waals surface area contributed by atoms with E-state index in [0.29, 0.717) is 32.2 Å². The van der Waals surface area contributed by atoms with Gasteiger partial charge < -0.3 is 15.4 Å². The number of rotatable bonds is 9. The van der Waals surface area contributed by atoms with Crippen LogP contribution in [0.2, 0.25) is 0 Å². The number of carbonyl (C=O) groups is 4. The Labute approximate surface area is 170 Å². The van der Waals surface area contributed by atoms with Gasteiger partial charge in [0.2, 0.25) is 0 Å². The number of esters is 1. The van der Waals surface area contributed by atoms with Crippen LogP contribution in [0.3, 0.4) is 0 Å². The van der Waals surface area contributed by atoms with Gasteiger partial charge in [0.15, 0.2) is 6.61 Å². The molecule has 4 amide bonds. The zero-order valence-electron chi connectivity index (χ0n) is 16.4. The molecule has 0 aromatic heterocycles. The lowest BCUT2D eigenvalue weighted by molar-refractivity contribution is -0.148. The summed E-state index contributed by atoms with van der Waals surface area (Å²) in [6, 6.07) is 9.37. The maximum absolute atomic E-state index is 12.5. The van der Waals surface area contributed by atoms with Gasteiger partial charge in [-0.05, 0) is 31.2 Å². The van der Waals surface area contributed by atoms with E-state index < -0.39 is 11.5 Å². The number of ether oxygens (including phenoxy) is 1. The third-order valence-corrected chi connectivity index (χ3v) is 5.41. The molecule has 1 aliphatic heterocycles. The largest absolute Gasteiger partial charge is 0.456 e. The summed E-state index contributed by atoms with van der Waals surface area (Å²) in [6.07, 6.45) is 4.27. The molecule has 2 aliphatic rings. The van der Waals surface area contributed by atoms with Gasteiger partial charge >= 0.3 is 12.0 Å². The summed E-state index contributed by atoms with van der Waals surface area (Å²) >= 11 is 0. The summed E-state index contributed by atoms with van der Waals surface area (Å²) < 4.78 is 4.96. The Hall–Kier alpha value is -2.90. The van der Waals surface area contributed by atoms with E-state index in [1.807, 2.05) is 30.3 Å². The molecule has 1 spiro atoms. The Balaban J connectivity index is 1.29. The minimum Gasteiger partial charge on any atom is -0.456 e. The number of imide groups is 1. The molecule has 1 saturated heterocycles. The Morgan fingerprint density at radius 1 is 1.14 bits per heavy atom. The van der Waals surface area contributed by atoms with Crippen molar-refractivity contribution in [1.29, 1.82) is 0 Å². The predicted molar refractivity (Wildman–Crippen MR) is 105 cm³/mol. The molecule has 8 nitrogen and oxygen atoms in total. The molecule has 29 heavy (non-hydrogen) atoms. The third kappa shape index (κ3) is 5.34. The lowest BCUT2D eigenvalue weighted by Gasteiger charge is -2.19. The van der Waals surface area contributed by atoms with Crippen LogP contribution in [0.4, 0.5) is 4.79 Å². The highest BCUT2D eigenvalue weighted by Crippen LogP contribution is 2.35. The van der Waals surface area contributed by atoms with Gasteiger partial charge in [-0.2, -0.15) is 0 Å². The van der Waals surface area contributed by atoms with Crippen molar-refractivity contribution in [2.75, 3.05) is 19.7 Å². The molecular formula is C21H27N3O5. The second-order valence-electron chi connectivity index (χ2n) is 7.53. The molecule has 0 radical (unpaired) electrons. The number of nitrogens with one attached hydrogen (secondary N) is 2. The fraction of sp³-hybridized carbons (Fsp3) is 0.524. The highest BCUT2D eigenvalue weighted by atomic mass is 16.5. The molecular weight excluding hydrogens is 374 g/mol. The van der Waals surface area contributed by atoms with Gasteiger partial charge in [0.1, 0.15) is 5.54 Å². The Bertz CT molecular complexity index is 759. The molecule has 3 rings (SSSR count). The van der Waals surface area contributed by atoms with Gasteiger partial charge in [-0.3, -0.25) is 19.3 Å². The van der Waals surface area contributed by atoms with Gasteiger partial charge in [-0.1, -0.05) is 43.2 Å². The summed E-state index contributed by atoms with van der Waals surface area (Å²) in [5, 5.41) is 5.51. The first-order valence-corrected chi connectivity index (χ1v) is 10.1. The number of benzene rings is 1. The summed E-state index contributed by atoms with van der Waals surface area (Å²) in [6.45, 7) is 0.305. The SMILES string of the molecule is O=C(COC(=O)CCCN1C(=O)NC2(CCCC2)C1=O)NCCc1ccccc1. The quantitative estimate of drug-likeness (QED) is 0.482. The van der Waals surface area contributed by atoms with Gasteiger partial charge in [-0.25, -0.2) is 4.79 Å². The highest BCUT2D eigenvalue weighted by Gasteiger charge is 2.52. The van der Waals surface area contributed by atoms with Crippen LogP contribution in [0.5, 0.6) is 0 Å². The third-order valence-electron chi connectivity index (χ3n) is 5.41. The fourth-order valence-electron chi connectivity index (χ4n) is 3.84. The van der Waals surface area contributed by atoms with Crippen molar-refractivity contribution in [3.63, 3.8) is 0 Å². The standard InChI is InChI=1S/C21H27N3O5/c25-17(22-13-10-16-7-2-1-3-8-16)15-29-18(26)9-6-14-24-19(27)21(23-20(24)28)11-4-5-12-21/h1-3,7-8H,4-6,9-15H2,(H,22,25)(H,23,28). The second kappa shape index (κ2) is 9.54. The van der Waals surface area contributed by atoms with Crippen molar-refractivity contribution in [2.24, 2.45) is 0 Å². The van der Waals surface area contributed by atoms with Gasteiger partial charge in [0, 0.05) is 19.5 Å². The molecule has 1 heterocycles. The average molecular weight is 401 g/mol. The van der Waals surface area contributed by atoms with Crippen LogP contribution in [0.1, 0.15) is 44.1 Å². The maximum atomic E-state index is 12.5. The van der Waals surface area contributed by atoms with Crippen LogP contribution in [0, 0.1) is 0 Å². The van der Waals surface area contributed by atoms with Crippen molar-refractivity contribution in [3.05, 3.63) is 35.9 Å². The Morgan fingerprint density at radius 2 is 1.86 bits per heavy atom. The Morgan fingerprint density at radius 3 is 2.59 bits per heavy atom. The van der Waals surface area contributed by atoms with E-state index in [1.165, 1.54) is 4.90 Å². The normalized spacial score (nSPS) is 17.4. The summed E-state index contributed by atoms with van der Waals surface area (Å²) in [4.78, 5) is 49.3. The summed E-state index contributed by atoms with van der Waals surface area (Å²) in [5.41, 5.74) is 0.389. The molecule has 0 bridgehead atoms. The topological polar surface area (TPSA) is 105 Å². The lowest BCUT2D eigenvalue weighted by atomic mass is 9.98. The molecule has 1 saturated carbocycles. The van der Waals surface area contributed by atoms with E-state index in [2.05, 4.69) is 10.6 Å². The first kappa shape index (κ1) is 20.8. The number of amides is 4. The number of nitrogens with zero attached hydrogens (tertiary/aromatic N) is 1. The predicted octanol–water partition coefficient (Wildman–Crippen LogP) is 1.53. The smallest absolute Gasteiger partial charge is 0.325 e. The molecule has 0 atom stereocenters. The first-order chi connectivity index (χ1) is 14.0. The fourth-order valence-corrected chi connectivity index (χ4v) is 3.84. The lowest BCUT2D eigenvalue weighted by Crippen LogP contribution is -2.44. The van der Waals surface area contributed by atoms with Crippen molar-refractivity contribution in [3.8, 4) is 0 Å². The molecule has 2 N–H and O–H groups in total. The van der Waals surface area contributed by atoms with E-state index in [9.17, 15) is 19.2 Å². The van der Waals surface area contributed by atoms with Crippen molar-refractivity contribution >= 4 is 23.8 Å². The van der Waals surface area contributed by atoms with E-state index in [0.717, 1.165) is 18.4 Å². The zero-order chi connectivity index (χ0) is 20.7. The first-order valence-electron chi connectivity index (χ1n) is 10.1. The summed E-state index contributed by atoms with van der Waals surface area (Å²) in [5.74, 6) is -1.07. The van der Waals surface area contributed by atoms with E-state index in [-0.39, 0.29) is 37.4 Å². The maximum Gasteiger partial charge on any atom is 0.325 e. The number of hydrogen-bond donors (Lipinski definition) is 2. The van der Waals surface area contributed by atoms with Crippen LogP contribution in [-0.4, -0.2) is 54.0 Å². The average Bonchev–Trinajstić information content (AvgIpc) is 3.27. The molecule has 2 fully saturated rings. The molecule has 1 aromatic carbocycles. The minimum absolute atomic E-state index is 0.0430. The number of hydrogen-bond acceptors (Lipinski definition) is 5. The van der Waals surface area contributed by atoms with Crippen LogP contribution >= 0.6 is 0 Å². The number of carbonyl (C=O) groups excluding carboxylic acids is 4. The molecule has 1 aromatic rings. The van der Waals surface area contributed by atoms with Gasteiger partial charge in [0.25, 0.3) is 11.8 Å². The number of urea groups is 1. The van der Waals surface area contributed by atoms with Crippen molar-refractivity contribution in [1.82, 2.24) is 15.5 Å². The van der Waals surface area contributed by atoms with E-state index >= 15 is 0 Å². The van der Waals surface area contributed by atoms with Crippen LogP contribution in [-0.2, 0) is 25.5 Å². The molecule has 156 valence electrons. The van der Waals surface area contributed by atoms with E-state index in [1.54, 1.807) is 0 Å². The minimum atomic E-state index is -0.727. The monoisotopic (exact) mass is 401 g/mol. The van der Waals surface area contributed by atoms with Gasteiger partial charge in [-0.15, -0.1) is 0 Å². The van der Waals surface area contributed by atoms with E-state index in [4.69, 9.17) is 4.74 Å². The molecule has 8 heteroatoms. The van der Waals surface area contributed by atoms with Crippen molar-refractivity contribution in [2.45, 2.75) is 50.5 Å². The second-order valence-corrected chi connectivity index (χ2v) is 7.53. The zero-order valence-corrected chi connectivity index (χ0v) is 16.4. The highest BCUT2D eigenvalue weighted by molar-refractivity contribution is 6.07. The summed E-state index contributed by atoms with van der Waals surface area (Å²) in [7, 11) is 0.